The van der Waals surface area contributed by atoms with Gasteiger partial charge in [0.2, 0.25) is 0 Å². The van der Waals surface area contributed by atoms with Crippen LogP contribution in [0, 0.1) is 0 Å². The van der Waals surface area contributed by atoms with Gasteiger partial charge in [-0.25, -0.2) is 0 Å². The van der Waals surface area contributed by atoms with E-state index < -0.39 is 6.10 Å². The highest BCUT2D eigenvalue weighted by atomic mass is 16.6. The molecule has 0 amide bonds. The van der Waals surface area contributed by atoms with Gasteiger partial charge in [-0.1, -0.05) is 234 Å². The third-order valence-corrected chi connectivity index (χ3v) is 12.0. The average molecular weight is 933 g/mol. The Kier molecular flexibility index (Phi) is 52.4. The minimum atomic E-state index is -0.803. The lowest BCUT2D eigenvalue weighted by Gasteiger charge is -2.18. The fourth-order valence-electron chi connectivity index (χ4n) is 7.67. The Morgan fingerprint density at radius 1 is 0.299 bits per heavy atom. The molecule has 0 aromatic heterocycles. The van der Waals surface area contributed by atoms with Crippen LogP contribution < -0.4 is 0 Å². The van der Waals surface area contributed by atoms with E-state index in [1.165, 1.54) is 128 Å². The second-order valence-corrected chi connectivity index (χ2v) is 18.6. The summed E-state index contributed by atoms with van der Waals surface area (Å²) >= 11 is 0. The number of carbonyl (C=O) groups excluding carboxylic acids is 3. The third-order valence-electron chi connectivity index (χ3n) is 12.0. The van der Waals surface area contributed by atoms with Gasteiger partial charge in [-0.05, 0) is 96.3 Å². The van der Waals surface area contributed by atoms with E-state index in [2.05, 4.69) is 106 Å². The monoisotopic (exact) mass is 933 g/mol. The number of esters is 3. The highest BCUT2D eigenvalue weighted by molar-refractivity contribution is 5.71. The van der Waals surface area contributed by atoms with Gasteiger partial charge in [-0.15, -0.1) is 0 Å². The standard InChI is InChI=1S/C61H104O6/c1-4-7-10-13-16-19-22-25-28-30-31-34-36-39-42-45-48-51-54-60(63)66-57-58(56-65-59(62)53-50-47-44-41-38-35-32-27-24-21-18-15-12-9-6-3)67-61(64)55-52-49-46-43-40-37-33-29-26-23-20-17-14-11-8-5-2/h16,19,21-22,24-25,28-31,33-34,37,40,58H,4-15,17-18,20,23,26-27,32,35-36,38-39,41-57H2,1-3H3/b19-16-,24-21-,25-22-,30-28-,33-29-,34-31-,40-37-. The van der Waals surface area contributed by atoms with E-state index in [0.717, 1.165) is 96.3 Å². The quantitative estimate of drug-likeness (QED) is 0.0199. The highest BCUT2D eigenvalue weighted by Crippen LogP contribution is 2.14. The molecule has 0 aliphatic carbocycles. The molecule has 0 spiro atoms. The smallest absolute Gasteiger partial charge is 0.306 e. The molecule has 6 heteroatoms. The minimum Gasteiger partial charge on any atom is -0.462 e. The molecule has 1 unspecified atom stereocenters. The summed E-state index contributed by atoms with van der Waals surface area (Å²) in [6.45, 7) is 6.55. The van der Waals surface area contributed by atoms with Crippen LogP contribution in [0.25, 0.3) is 0 Å². The summed E-state index contributed by atoms with van der Waals surface area (Å²) in [7, 11) is 0. The first-order valence-electron chi connectivity index (χ1n) is 28.2. The van der Waals surface area contributed by atoms with Crippen LogP contribution in [-0.2, 0) is 28.6 Å². The van der Waals surface area contributed by atoms with Crippen molar-refractivity contribution in [1.29, 1.82) is 0 Å². The van der Waals surface area contributed by atoms with Gasteiger partial charge in [0, 0.05) is 19.3 Å². The van der Waals surface area contributed by atoms with Gasteiger partial charge in [-0.3, -0.25) is 14.4 Å². The van der Waals surface area contributed by atoms with E-state index in [-0.39, 0.29) is 37.5 Å². The van der Waals surface area contributed by atoms with Gasteiger partial charge in [0.25, 0.3) is 0 Å². The molecule has 384 valence electrons. The first kappa shape index (κ1) is 63.6. The van der Waals surface area contributed by atoms with Gasteiger partial charge < -0.3 is 14.2 Å². The van der Waals surface area contributed by atoms with E-state index in [4.69, 9.17) is 14.2 Å². The first-order valence-corrected chi connectivity index (χ1v) is 28.2. The van der Waals surface area contributed by atoms with Crippen LogP contribution >= 0.6 is 0 Å². The van der Waals surface area contributed by atoms with E-state index in [9.17, 15) is 14.4 Å². The summed E-state index contributed by atoms with van der Waals surface area (Å²) in [6.07, 6.45) is 71.3. The van der Waals surface area contributed by atoms with Crippen LogP contribution in [0.1, 0.15) is 265 Å². The molecule has 0 rings (SSSR count). The zero-order chi connectivity index (χ0) is 48.6. The maximum absolute atomic E-state index is 12.8. The molecule has 0 aromatic carbocycles. The molecular weight excluding hydrogens is 829 g/mol. The lowest BCUT2D eigenvalue weighted by Crippen LogP contribution is -2.30. The van der Waals surface area contributed by atoms with Crippen molar-refractivity contribution in [1.82, 2.24) is 0 Å². The maximum atomic E-state index is 12.8. The Labute approximate surface area is 414 Å². The van der Waals surface area contributed by atoms with Crippen molar-refractivity contribution >= 4 is 17.9 Å². The largest absolute Gasteiger partial charge is 0.462 e. The number of carbonyl (C=O) groups is 3. The second kappa shape index (κ2) is 55.2. The molecule has 0 fully saturated rings. The third kappa shape index (κ3) is 53.4. The summed E-state index contributed by atoms with van der Waals surface area (Å²) in [5, 5.41) is 0. The Hall–Kier alpha value is -3.41. The van der Waals surface area contributed by atoms with Crippen LogP contribution in [0.15, 0.2) is 85.1 Å². The predicted molar refractivity (Wildman–Crippen MR) is 288 cm³/mol. The molecule has 1 atom stereocenters. The molecule has 0 aliphatic rings. The predicted octanol–water partition coefficient (Wildman–Crippen LogP) is 18.8. The Morgan fingerprint density at radius 2 is 0.552 bits per heavy atom. The molecule has 0 heterocycles. The molecule has 0 radical (unpaired) electrons. The fourth-order valence-corrected chi connectivity index (χ4v) is 7.67. The first-order chi connectivity index (χ1) is 33.0. The van der Waals surface area contributed by atoms with Crippen LogP contribution in [0.4, 0.5) is 0 Å². The molecule has 0 bridgehead atoms. The molecule has 0 saturated heterocycles. The summed E-state index contributed by atoms with van der Waals surface area (Å²) < 4.78 is 16.8. The van der Waals surface area contributed by atoms with Gasteiger partial charge in [0.05, 0.1) is 0 Å². The summed E-state index contributed by atoms with van der Waals surface area (Å²) in [6, 6.07) is 0. The van der Waals surface area contributed by atoms with Crippen LogP contribution in [0.2, 0.25) is 0 Å². The zero-order valence-corrected chi connectivity index (χ0v) is 43.9. The SMILES string of the molecule is CCCCC\C=C/C=C\C=C/C=C\CCCCCCCC(=O)OCC(COC(=O)CCCCCCCCC/C=C\CCCCCC)OC(=O)CCCCC/C=C\C=C/CCCCCCCCC. The number of rotatable bonds is 50. The van der Waals surface area contributed by atoms with Crippen LogP contribution in [0.3, 0.4) is 0 Å². The van der Waals surface area contributed by atoms with Gasteiger partial charge in [0.15, 0.2) is 6.10 Å². The van der Waals surface area contributed by atoms with Crippen molar-refractivity contribution in [3.63, 3.8) is 0 Å². The zero-order valence-electron chi connectivity index (χ0n) is 43.9. The molecule has 0 aromatic rings. The molecular formula is C61H104O6. The molecule has 6 nitrogen and oxygen atoms in total. The summed E-state index contributed by atoms with van der Waals surface area (Å²) in [5.74, 6) is -0.948. The second-order valence-electron chi connectivity index (χ2n) is 18.6. The Balaban J connectivity index is 4.49. The van der Waals surface area contributed by atoms with Crippen molar-refractivity contribution in [2.24, 2.45) is 0 Å². The maximum Gasteiger partial charge on any atom is 0.306 e. The Morgan fingerprint density at radius 3 is 0.955 bits per heavy atom. The number of hydrogen-bond acceptors (Lipinski definition) is 6. The van der Waals surface area contributed by atoms with Crippen molar-refractivity contribution < 1.29 is 28.6 Å². The van der Waals surface area contributed by atoms with Gasteiger partial charge in [0.1, 0.15) is 13.2 Å². The van der Waals surface area contributed by atoms with E-state index in [0.29, 0.717) is 12.8 Å². The highest BCUT2D eigenvalue weighted by Gasteiger charge is 2.19. The van der Waals surface area contributed by atoms with Crippen molar-refractivity contribution in [3.05, 3.63) is 85.1 Å². The Bertz CT molecular complexity index is 1300. The number of unbranched alkanes of at least 4 members (excludes halogenated alkanes) is 29. The lowest BCUT2D eigenvalue weighted by molar-refractivity contribution is -0.167. The number of hydrogen-bond donors (Lipinski definition) is 0. The van der Waals surface area contributed by atoms with E-state index in [1.54, 1.807) is 0 Å². The molecule has 0 saturated carbocycles. The normalized spacial score (nSPS) is 12.7. The minimum absolute atomic E-state index is 0.0974. The molecule has 67 heavy (non-hydrogen) atoms. The van der Waals surface area contributed by atoms with Crippen molar-refractivity contribution in [3.8, 4) is 0 Å². The number of allylic oxidation sites excluding steroid dienone is 14. The number of ether oxygens (including phenoxy) is 3. The fraction of sp³-hybridized carbons (Fsp3) is 0.721. The van der Waals surface area contributed by atoms with Gasteiger partial charge in [-0.2, -0.15) is 0 Å². The topological polar surface area (TPSA) is 78.9 Å². The van der Waals surface area contributed by atoms with Crippen LogP contribution in [0.5, 0.6) is 0 Å². The molecule has 0 N–H and O–H groups in total. The van der Waals surface area contributed by atoms with Gasteiger partial charge >= 0.3 is 17.9 Å². The van der Waals surface area contributed by atoms with E-state index >= 15 is 0 Å². The summed E-state index contributed by atoms with van der Waals surface area (Å²) in [5.41, 5.74) is 0. The van der Waals surface area contributed by atoms with Crippen molar-refractivity contribution in [2.45, 2.75) is 271 Å². The van der Waals surface area contributed by atoms with Crippen molar-refractivity contribution in [2.75, 3.05) is 13.2 Å². The summed E-state index contributed by atoms with van der Waals surface area (Å²) in [4.78, 5) is 38.1. The van der Waals surface area contributed by atoms with Crippen LogP contribution in [-0.4, -0.2) is 37.2 Å². The lowest BCUT2D eigenvalue weighted by atomic mass is 10.1. The molecule has 0 aliphatic heterocycles. The van der Waals surface area contributed by atoms with E-state index in [1.807, 2.05) is 0 Å². The average Bonchev–Trinajstić information content (AvgIpc) is 3.33.